The van der Waals surface area contributed by atoms with Crippen LogP contribution in [0.5, 0.6) is 11.5 Å². The van der Waals surface area contributed by atoms with E-state index >= 15 is 0 Å². The van der Waals surface area contributed by atoms with Gasteiger partial charge in [-0.2, -0.15) is 13.2 Å². The summed E-state index contributed by atoms with van der Waals surface area (Å²) in [5.41, 5.74) is 0.906. The minimum atomic E-state index is -4.20. The second-order valence-electron chi connectivity index (χ2n) is 6.59. The number of hydrogen-bond acceptors (Lipinski definition) is 4. The van der Waals surface area contributed by atoms with Gasteiger partial charge in [0.15, 0.2) is 5.96 Å². The van der Waals surface area contributed by atoms with Crippen LogP contribution < -0.4 is 14.8 Å². The van der Waals surface area contributed by atoms with Crippen molar-refractivity contribution in [2.24, 2.45) is 4.99 Å². The molecule has 10 heteroatoms. The molecule has 1 fully saturated rings. The van der Waals surface area contributed by atoms with Crippen LogP contribution in [-0.4, -0.2) is 74.9 Å². The molecule has 1 aliphatic rings. The monoisotopic (exact) mass is 530 g/mol. The summed E-state index contributed by atoms with van der Waals surface area (Å²) in [6.45, 7) is 5.93. The average Bonchev–Trinajstić information content (AvgIpc) is 2.69. The Morgan fingerprint density at radius 3 is 2.34 bits per heavy atom. The van der Waals surface area contributed by atoms with Crippen molar-refractivity contribution in [2.45, 2.75) is 32.6 Å². The standard InChI is InChI=1S/C19H29F3N4O2.HI/c1-5-23-18(24-13-15-6-7-16(27-3)12-17(15)28-4)26-10-8-25(9-11-26)14(2)19(20,21)22;/h6-7,12,14H,5,8-11,13H2,1-4H3,(H,23,24);1H. The van der Waals surface area contributed by atoms with E-state index in [9.17, 15) is 13.2 Å². The van der Waals surface area contributed by atoms with Gasteiger partial charge in [0.1, 0.15) is 17.5 Å². The fourth-order valence-electron chi connectivity index (χ4n) is 3.10. The SMILES string of the molecule is CCNC(=NCc1ccc(OC)cc1OC)N1CCN(C(C)C(F)(F)F)CC1.I. The van der Waals surface area contributed by atoms with Crippen LogP contribution in [0.3, 0.4) is 0 Å². The first-order chi connectivity index (χ1) is 13.3. The molecule has 0 saturated carbocycles. The van der Waals surface area contributed by atoms with Gasteiger partial charge in [-0.1, -0.05) is 0 Å². The summed E-state index contributed by atoms with van der Waals surface area (Å²) >= 11 is 0. The first-order valence-electron chi connectivity index (χ1n) is 9.35. The van der Waals surface area contributed by atoms with Crippen LogP contribution >= 0.6 is 24.0 Å². The number of benzene rings is 1. The lowest BCUT2D eigenvalue weighted by Crippen LogP contribution is -2.56. The summed E-state index contributed by atoms with van der Waals surface area (Å²) in [5.74, 6) is 2.08. The predicted molar refractivity (Wildman–Crippen MR) is 118 cm³/mol. The fraction of sp³-hybridized carbons (Fsp3) is 0.632. The van der Waals surface area contributed by atoms with Crippen molar-refractivity contribution in [1.29, 1.82) is 0 Å². The van der Waals surface area contributed by atoms with Crippen LogP contribution in [0.4, 0.5) is 13.2 Å². The van der Waals surface area contributed by atoms with Gasteiger partial charge in [0, 0.05) is 44.4 Å². The smallest absolute Gasteiger partial charge is 0.403 e. The van der Waals surface area contributed by atoms with Gasteiger partial charge in [-0.25, -0.2) is 4.99 Å². The molecule has 1 saturated heterocycles. The maximum Gasteiger partial charge on any atom is 0.403 e. The van der Waals surface area contributed by atoms with E-state index < -0.39 is 12.2 Å². The summed E-state index contributed by atoms with van der Waals surface area (Å²) in [7, 11) is 3.18. The summed E-state index contributed by atoms with van der Waals surface area (Å²) in [6.07, 6.45) is -4.20. The normalized spacial score (nSPS) is 16.8. The number of methoxy groups -OCH3 is 2. The molecule has 1 unspecified atom stereocenters. The lowest BCUT2D eigenvalue weighted by atomic mass is 10.2. The Morgan fingerprint density at radius 2 is 1.83 bits per heavy atom. The van der Waals surface area contributed by atoms with Gasteiger partial charge >= 0.3 is 6.18 Å². The minimum absolute atomic E-state index is 0. The van der Waals surface area contributed by atoms with Crippen LogP contribution in [0.2, 0.25) is 0 Å². The number of rotatable bonds is 6. The maximum absolute atomic E-state index is 12.9. The molecule has 29 heavy (non-hydrogen) atoms. The van der Waals surface area contributed by atoms with E-state index in [2.05, 4.69) is 10.3 Å². The number of piperazine rings is 1. The number of aliphatic imine (C=N–C) groups is 1. The summed E-state index contributed by atoms with van der Waals surface area (Å²) in [4.78, 5) is 8.12. The largest absolute Gasteiger partial charge is 0.497 e. The van der Waals surface area contributed by atoms with Gasteiger partial charge in [0.05, 0.1) is 20.8 Å². The molecule has 6 nitrogen and oxygen atoms in total. The van der Waals surface area contributed by atoms with E-state index in [1.165, 1.54) is 11.8 Å². The van der Waals surface area contributed by atoms with Crippen molar-refractivity contribution in [2.75, 3.05) is 46.9 Å². The third-order valence-corrected chi connectivity index (χ3v) is 4.86. The highest BCUT2D eigenvalue weighted by atomic mass is 127. The molecule has 0 aliphatic carbocycles. The Balaban J connectivity index is 0.00000420. The average molecular weight is 530 g/mol. The molecule has 0 bridgehead atoms. The lowest BCUT2D eigenvalue weighted by molar-refractivity contribution is -0.181. The molecule has 0 amide bonds. The Kier molecular flexibility index (Phi) is 10.3. The quantitative estimate of drug-likeness (QED) is 0.348. The highest BCUT2D eigenvalue weighted by molar-refractivity contribution is 14.0. The highest BCUT2D eigenvalue weighted by Gasteiger charge is 2.41. The Bertz CT molecular complexity index is 665. The first-order valence-corrected chi connectivity index (χ1v) is 9.35. The van der Waals surface area contributed by atoms with Gasteiger partial charge in [0.2, 0.25) is 0 Å². The molecular formula is C19H30F3IN4O2. The van der Waals surface area contributed by atoms with E-state index in [0.29, 0.717) is 56.7 Å². The van der Waals surface area contributed by atoms with Crippen molar-refractivity contribution >= 4 is 29.9 Å². The minimum Gasteiger partial charge on any atom is -0.497 e. The van der Waals surface area contributed by atoms with Gasteiger partial charge in [0.25, 0.3) is 0 Å². The van der Waals surface area contributed by atoms with Crippen LogP contribution in [0.1, 0.15) is 19.4 Å². The van der Waals surface area contributed by atoms with Crippen molar-refractivity contribution in [3.05, 3.63) is 23.8 Å². The van der Waals surface area contributed by atoms with Gasteiger partial charge in [-0.05, 0) is 26.0 Å². The molecule has 0 radical (unpaired) electrons. The third kappa shape index (κ3) is 7.09. The molecule has 2 rings (SSSR count). The van der Waals surface area contributed by atoms with E-state index in [4.69, 9.17) is 9.47 Å². The number of halogens is 4. The molecular weight excluding hydrogens is 500 g/mol. The van der Waals surface area contributed by atoms with E-state index in [0.717, 1.165) is 5.56 Å². The van der Waals surface area contributed by atoms with E-state index in [1.807, 2.05) is 24.0 Å². The van der Waals surface area contributed by atoms with Gasteiger partial charge in [-0.3, -0.25) is 4.90 Å². The van der Waals surface area contributed by atoms with Crippen LogP contribution in [0.15, 0.2) is 23.2 Å². The van der Waals surface area contributed by atoms with Crippen molar-refractivity contribution < 1.29 is 22.6 Å². The molecule has 1 aliphatic heterocycles. The second-order valence-corrected chi connectivity index (χ2v) is 6.59. The number of guanidine groups is 1. The summed E-state index contributed by atoms with van der Waals surface area (Å²) in [5, 5.41) is 3.23. The van der Waals surface area contributed by atoms with Gasteiger partial charge < -0.3 is 19.7 Å². The molecule has 1 heterocycles. The molecule has 0 aromatic heterocycles. The Morgan fingerprint density at radius 1 is 1.17 bits per heavy atom. The Labute approximate surface area is 187 Å². The second kappa shape index (κ2) is 11.7. The van der Waals surface area contributed by atoms with Crippen molar-refractivity contribution in [1.82, 2.24) is 15.1 Å². The fourth-order valence-corrected chi connectivity index (χ4v) is 3.10. The first kappa shape index (κ1) is 25.6. The van der Waals surface area contributed by atoms with Crippen LogP contribution in [0.25, 0.3) is 0 Å². The van der Waals surface area contributed by atoms with Crippen molar-refractivity contribution in [3.8, 4) is 11.5 Å². The molecule has 166 valence electrons. The summed E-state index contributed by atoms with van der Waals surface area (Å²) in [6, 6.07) is 4.11. The van der Waals surface area contributed by atoms with Crippen molar-refractivity contribution in [3.63, 3.8) is 0 Å². The molecule has 1 aromatic carbocycles. The number of alkyl halides is 3. The zero-order valence-corrected chi connectivity index (χ0v) is 19.6. The Hall–Kier alpha value is -1.43. The highest BCUT2D eigenvalue weighted by Crippen LogP contribution is 2.26. The number of nitrogens with zero attached hydrogens (tertiary/aromatic N) is 3. The van der Waals surface area contributed by atoms with E-state index in [1.54, 1.807) is 20.3 Å². The lowest BCUT2D eigenvalue weighted by Gasteiger charge is -2.39. The van der Waals surface area contributed by atoms with Crippen LogP contribution in [0, 0.1) is 0 Å². The third-order valence-electron chi connectivity index (χ3n) is 4.86. The maximum atomic E-state index is 12.9. The van der Waals surface area contributed by atoms with Crippen LogP contribution in [-0.2, 0) is 6.54 Å². The number of hydrogen-bond donors (Lipinski definition) is 1. The zero-order valence-electron chi connectivity index (χ0n) is 17.3. The number of ether oxygens (including phenoxy) is 2. The predicted octanol–water partition coefficient (Wildman–Crippen LogP) is 3.36. The van der Waals surface area contributed by atoms with E-state index in [-0.39, 0.29) is 24.0 Å². The molecule has 0 spiro atoms. The van der Waals surface area contributed by atoms with Gasteiger partial charge in [-0.15, -0.1) is 24.0 Å². The number of nitrogens with one attached hydrogen (secondary N) is 1. The zero-order chi connectivity index (χ0) is 20.7. The molecule has 1 aromatic rings. The topological polar surface area (TPSA) is 49.3 Å². The molecule has 1 N–H and O–H groups in total. The molecule has 1 atom stereocenters. The summed E-state index contributed by atoms with van der Waals surface area (Å²) < 4.78 is 49.4.